The van der Waals surface area contributed by atoms with Gasteiger partial charge in [0.15, 0.2) is 0 Å². The van der Waals surface area contributed by atoms with Gasteiger partial charge in [-0.05, 0) is 78.9 Å². The maximum absolute atomic E-state index is 2.57. The summed E-state index contributed by atoms with van der Waals surface area (Å²) < 4.78 is 7.53. The van der Waals surface area contributed by atoms with E-state index in [0.29, 0.717) is 0 Å². The smallest absolute Gasteiger partial charge is 0.0628 e. The Bertz CT molecular complexity index is 3910. The van der Waals surface area contributed by atoms with Gasteiger partial charge in [-0.15, -0.1) is 0 Å². The summed E-state index contributed by atoms with van der Waals surface area (Å²) in [5, 5.41) is 12.9. The van der Waals surface area contributed by atoms with Crippen LogP contribution in [0.1, 0.15) is 0 Å². The van der Waals surface area contributed by atoms with Crippen LogP contribution in [0.3, 0.4) is 0 Å². The number of aromatic nitrogens is 3. The Kier molecular flexibility index (Phi) is 5.73. The van der Waals surface area contributed by atoms with Gasteiger partial charge >= 0.3 is 0 Å². The second-order valence-electron chi connectivity index (χ2n) is 15.7. The molecule has 14 rings (SSSR count). The number of para-hydroxylation sites is 6. The molecule has 5 heterocycles. The molecule has 4 nitrogen and oxygen atoms in total. The van der Waals surface area contributed by atoms with Crippen LogP contribution in [0, 0.1) is 0 Å². The molecule has 0 N–H and O–H groups in total. The molecule has 0 unspecified atom stereocenters. The third-order valence-electron chi connectivity index (χ3n) is 12.8. The summed E-state index contributed by atoms with van der Waals surface area (Å²) in [6.45, 7) is 0. The first-order valence-corrected chi connectivity index (χ1v) is 20.0. The number of anilines is 3. The molecular formula is C54H32N4. The normalized spacial score (nSPS) is 12.5. The van der Waals surface area contributed by atoms with Crippen molar-refractivity contribution in [1.29, 1.82) is 0 Å². The van der Waals surface area contributed by atoms with Crippen molar-refractivity contribution in [1.82, 2.24) is 13.4 Å². The topological polar surface area (TPSA) is 17.0 Å². The first-order chi connectivity index (χ1) is 28.8. The molecule has 0 radical (unpaired) electrons. The molecule has 58 heavy (non-hydrogen) atoms. The Balaban J connectivity index is 1.13. The summed E-state index contributed by atoms with van der Waals surface area (Å²) in [7, 11) is 0. The molecular weight excluding hydrogens is 705 g/mol. The third kappa shape index (κ3) is 3.75. The number of nitrogens with zero attached hydrogens (tertiary/aromatic N) is 4. The van der Waals surface area contributed by atoms with Crippen molar-refractivity contribution < 1.29 is 0 Å². The number of fused-ring (bicyclic) bond motifs is 16. The zero-order chi connectivity index (χ0) is 37.6. The van der Waals surface area contributed by atoms with Gasteiger partial charge in [-0.3, -0.25) is 0 Å². The molecule has 0 amide bonds. The van der Waals surface area contributed by atoms with E-state index in [0.717, 1.165) is 17.1 Å². The second-order valence-corrected chi connectivity index (χ2v) is 15.7. The summed E-state index contributed by atoms with van der Waals surface area (Å²) in [5.41, 5.74) is 14.6. The van der Waals surface area contributed by atoms with Crippen LogP contribution in [-0.2, 0) is 0 Å². The largest absolute Gasteiger partial charge is 0.310 e. The van der Waals surface area contributed by atoms with Crippen molar-refractivity contribution in [3.05, 3.63) is 194 Å². The van der Waals surface area contributed by atoms with Crippen molar-refractivity contribution >= 4 is 115 Å². The van der Waals surface area contributed by atoms with E-state index in [1.54, 1.807) is 0 Å². The first-order valence-electron chi connectivity index (χ1n) is 20.0. The van der Waals surface area contributed by atoms with Gasteiger partial charge in [0.05, 0.1) is 44.1 Å². The summed E-state index contributed by atoms with van der Waals surface area (Å²) >= 11 is 0. The van der Waals surface area contributed by atoms with Crippen LogP contribution < -0.4 is 4.90 Å². The first kappa shape index (κ1) is 30.4. The minimum Gasteiger partial charge on any atom is -0.310 e. The molecule has 14 aromatic rings. The molecule has 9 aromatic carbocycles. The molecule has 4 heteroatoms. The minimum atomic E-state index is 1.13. The lowest BCUT2D eigenvalue weighted by Crippen LogP contribution is -2.09. The summed E-state index contributed by atoms with van der Waals surface area (Å²) in [6, 6.07) is 71.3. The van der Waals surface area contributed by atoms with Crippen LogP contribution in [0.2, 0.25) is 0 Å². The number of hydrogen-bond acceptors (Lipinski definition) is 1. The number of benzene rings is 9. The van der Waals surface area contributed by atoms with Crippen molar-refractivity contribution in [3.63, 3.8) is 0 Å². The van der Waals surface area contributed by atoms with Crippen molar-refractivity contribution in [3.8, 4) is 5.69 Å². The van der Waals surface area contributed by atoms with Crippen molar-refractivity contribution in [2.45, 2.75) is 0 Å². The second kappa shape index (κ2) is 10.9. The SMILES string of the molecule is c1ccc(N(c2ccccc2)c2ccc3c4cc5c(c6cccc7c8cc9c(cc8n5c76)c5ccccc5n9-c5ccccc5)c5c6ccccc6n(c3c2)c45)cc1. The molecule has 0 spiro atoms. The van der Waals surface area contributed by atoms with Crippen molar-refractivity contribution in [2.24, 2.45) is 0 Å². The monoisotopic (exact) mass is 736 g/mol. The van der Waals surface area contributed by atoms with E-state index in [9.17, 15) is 0 Å². The molecule has 0 aliphatic rings. The Labute approximate surface area is 331 Å². The van der Waals surface area contributed by atoms with Crippen LogP contribution in [0.5, 0.6) is 0 Å². The maximum Gasteiger partial charge on any atom is 0.0628 e. The van der Waals surface area contributed by atoms with Gasteiger partial charge in [0.2, 0.25) is 0 Å². The molecule has 0 bridgehead atoms. The van der Waals surface area contributed by atoms with Crippen LogP contribution in [0.15, 0.2) is 194 Å². The maximum atomic E-state index is 2.57. The van der Waals surface area contributed by atoms with Crippen LogP contribution in [-0.4, -0.2) is 13.4 Å². The highest BCUT2D eigenvalue weighted by atomic mass is 15.1. The molecule has 268 valence electrons. The van der Waals surface area contributed by atoms with E-state index in [1.165, 1.54) is 104 Å². The molecule has 0 saturated carbocycles. The minimum absolute atomic E-state index is 1.13. The lowest BCUT2D eigenvalue weighted by Gasteiger charge is -2.25. The fourth-order valence-corrected chi connectivity index (χ4v) is 10.6. The lowest BCUT2D eigenvalue weighted by molar-refractivity contribution is 1.18. The molecule has 0 aliphatic heterocycles. The van der Waals surface area contributed by atoms with Crippen LogP contribution in [0.4, 0.5) is 17.1 Å². The predicted octanol–water partition coefficient (Wildman–Crippen LogP) is 14.6. The lowest BCUT2D eigenvalue weighted by atomic mass is 10.0. The third-order valence-corrected chi connectivity index (χ3v) is 12.8. The van der Waals surface area contributed by atoms with Crippen LogP contribution in [0.25, 0.3) is 104 Å². The van der Waals surface area contributed by atoms with E-state index in [1.807, 2.05) is 0 Å². The van der Waals surface area contributed by atoms with Gasteiger partial charge in [0.25, 0.3) is 0 Å². The van der Waals surface area contributed by atoms with Crippen molar-refractivity contribution in [2.75, 3.05) is 4.90 Å². The Hall–Kier alpha value is -7.82. The zero-order valence-corrected chi connectivity index (χ0v) is 31.3. The van der Waals surface area contributed by atoms with Gasteiger partial charge in [-0.25, -0.2) is 0 Å². The summed E-state index contributed by atoms with van der Waals surface area (Å²) in [4.78, 5) is 2.36. The van der Waals surface area contributed by atoms with E-state index in [-0.39, 0.29) is 0 Å². The Morgan fingerprint density at radius 2 is 0.828 bits per heavy atom. The highest BCUT2D eigenvalue weighted by molar-refractivity contribution is 6.38. The Morgan fingerprint density at radius 3 is 1.60 bits per heavy atom. The molecule has 5 aromatic heterocycles. The average Bonchev–Trinajstić information content (AvgIpc) is 4.07. The fraction of sp³-hybridized carbons (Fsp3) is 0. The molecule has 0 aliphatic carbocycles. The standard InChI is InChI=1S/C54H32N4/c1-4-15-33(16-5-1)55(34-17-6-2-7-18-34)36-27-28-38-44-32-50-51(52-40-22-11-13-26-46(40)57(54(44)52)47(38)29-36)41-24-14-23-39-43-31-48-42(30-49(43)58(50)53(39)41)37-21-10-12-25-45(37)56(48)35-19-8-3-9-20-35/h1-32H. The van der Waals surface area contributed by atoms with E-state index in [2.05, 4.69) is 212 Å². The highest BCUT2D eigenvalue weighted by Crippen LogP contribution is 2.50. The van der Waals surface area contributed by atoms with Gasteiger partial charge in [0, 0.05) is 76.6 Å². The van der Waals surface area contributed by atoms with Gasteiger partial charge in [-0.2, -0.15) is 0 Å². The zero-order valence-electron chi connectivity index (χ0n) is 31.3. The quantitative estimate of drug-likeness (QED) is 0.176. The highest BCUT2D eigenvalue weighted by Gasteiger charge is 2.27. The number of rotatable bonds is 4. The summed E-state index contributed by atoms with van der Waals surface area (Å²) in [5.74, 6) is 0. The molecule has 0 fully saturated rings. The van der Waals surface area contributed by atoms with E-state index < -0.39 is 0 Å². The Morgan fingerprint density at radius 1 is 0.276 bits per heavy atom. The van der Waals surface area contributed by atoms with E-state index >= 15 is 0 Å². The molecule has 0 saturated heterocycles. The fourth-order valence-electron chi connectivity index (χ4n) is 10.6. The predicted molar refractivity (Wildman–Crippen MR) is 245 cm³/mol. The van der Waals surface area contributed by atoms with E-state index in [4.69, 9.17) is 0 Å². The average molecular weight is 737 g/mol. The summed E-state index contributed by atoms with van der Waals surface area (Å²) in [6.07, 6.45) is 0. The van der Waals surface area contributed by atoms with Gasteiger partial charge in [0.1, 0.15) is 0 Å². The molecule has 0 atom stereocenters. The van der Waals surface area contributed by atoms with Gasteiger partial charge in [-0.1, -0.05) is 115 Å². The van der Waals surface area contributed by atoms with Gasteiger partial charge < -0.3 is 18.3 Å². The van der Waals surface area contributed by atoms with Crippen LogP contribution >= 0.6 is 0 Å². The number of hydrogen-bond donors (Lipinski definition) is 0.